The van der Waals surface area contributed by atoms with Crippen molar-refractivity contribution in [3.05, 3.63) is 60.0 Å². The number of carbonyl (C=O) groups excluding carboxylic acids is 1. The molecule has 0 saturated carbocycles. The second-order valence-corrected chi connectivity index (χ2v) is 10.4. The third-order valence-electron chi connectivity index (χ3n) is 6.38. The van der Waals surface area contributed by atoms with Crippen LogP contribution in [-0.4, -0.2) is 56.6 Å². The molecule has 3 heterocycles. The van der Waals surface area contributed by atoms with E-state index in [1.807, 2.05) is 24.3 Å². The molecular weight excluding hydrogens is 442 g/mol. The number of hydrogen-bond acceptors (Lipinski definition) is 6. The van der Waals surface area contributed by atoms with Crippen LogP contribution in [-0.2, 0) is 14.8 Å². The van der Waals surface area contributed by atoms with Gasteiger partial charge in [0.1, 0.15) is 5.52 Å². The zero-order chi connectivity index (χ0) is 22.8. The highest BCUT2D eigenvalue weighted by Gasteiger charge is 2.28. The van der Waals surface area contributed by atoms with Crippen LogP contribution in [0.15, 0.2) is 57.8 Å². The number of nitrogens with zero attached hydrogens (tertiary/aromatic N) is 2. The fourth-order valence-electron chi connectivity index (χ4n) is 4.44. The zero-order valence-electron chi connectivity index (χ0n) is 18.3. The number of benzene rings is 2. The number of likely N-dealkylation sites (tertiary alicyclic amines) is 1. The van der Waals surface area contributed by atoms with E-state index in [9.17, 15) is 13.2 Å². The van der Waals surface area contributed by atoms with E-state index in [1.165, 1.54) is 12.1 Å². The zero-order valence-corrected chi connectivity index (χ0v) is 19.1. The van der Waals surface area contributed by atoms with Crippen molar-refractivity contribution < 1.29 is 22.4 Å². The lowest BCUT2D eigenvalue weighted by atomic mass is 9.96. The smallest absolute Gasteiger partial charge is 0.253 e. The number of para-hydroxylation sites is 2. The molecular formula is C24H27N3O5S. The van der Waals surface area contributed by atoms with Crippen LogP contribution in [0, 0.1) is 0 Å². The second kappa shape index (κ2) is 9.24. The average Bonchev–Trinajstić information content (AvgIpc) is 3.52. The van der Waals surface area contributed by atoms with Crippen molar-refractivity contribution in [3.63, 3.8) is 0 Å². The van der Waals surface area contributed by atoms with Crippen LogP contribution in [0.25, 0.3) is 11.1 Å². The maximum absolute atomic E-state index is 12.9. The van der Waals surface area contributed by atoms with Gasteiger partial charge in [-0.15, -0.1) is 0 Å². The highest BCUT2D eigenvalue weighted by atomic mass is 32.2. The van der Waals surface area contributed by atoms with Crippen molar-refractivity contribution in [2.24, 2.45) is 0 Å². The van der Waals surface area contributed by atoms with E-state index in [4.69, 9.17) is 9.15 Å². The number of carbonyl (C=O) groups is 1. The number of rotatable bonds is 6. The molecule has 0 aliphatic carbocycles. The quantitative estimate of drug-likeness (QED) is 0.594. The molecule has 3 aromatic rings. The van der Waals surface area contributed by atoms with E-state index in [-0.39, 0.29) is 29.4 Å². The van der Waals surface area contributed by atoms with Crippen molar-refractivity contribution in [1.29, 1.82) is 0 Å². The molecule has 174 valence electrons. The standard InChI is InChI=1S/C24H27N3O5S/c28-24(18-7-9-20(10-8-18)33(29,30)25-16-19-4-3-15-31-19)27-13-11-17(12-14-27)23-26-21-5-1-2-6-22(21)32-23/h1-2,5-10,17,19,25H,3-4,11-16H2. The minimum atomic E-state index is -3.64. The molecule has 0 radical (unpaired) electrons. The summed E-state index contributed by atoms with van der Waals surface area (Å²) in [6, 6.07) is 13.8. The fraction of sp³-hybridized carbons (Fsp3) is 0.417. The van der Waals surface area contributed by atoms with Crippen LogP contribution in [0.5, 0.6) is 0 Å². The Bertz CT molecular complexity index is 1190. The predicted octanol–water partition coefficient (Wildman–Crippen LogP) is 3.30. The van der Waals surface area contributed by atoms with Crippen LogP contribution in [0.4, 0.5) is 0 Å². The Kier molecular flexibility index (Phi) is 6.18. The van der Waals surface area contributed by atoms with Crippen molar-refractivity contribution in [2.75, 3.05) is 26.2 Å². The number of hydrogen-bond donors (Lipinski definition) is 1. The highest BCUT2D eigenvalue weighted by Crippen LogP contribution is 2.30. The Morgan fingerprint density at radius 2 is 1.82 bits per heavy atom. The largest absolute Gasteiger partial charge is 0.440 e. The van der Waals surface area contributed by atoms with Gasteiger partial charge in [0.05, 0.1) is 11.0 Å². The molecule has 0 spiro atoms. The number of oxazole rings is 1. The van der Waals surface area contributed by atoms with E-state index in [1.54, 1.807) is 17.0 Å². The SMILES string of the molecule is O=C(c1ccc(S(=O)(=O)NCC2CCCO2)cc1)N1CCC(c2nc3ccccc3o2)CC1. The molecule has 5 rings (SSSR count). The second-order valence-electron chi connectivity index (χ2n) is 8.60. The summed E-state index contributed by atoms with van der Waals surface area (Å²) < 4.78 is 39.0. The van der Waals surface area contributed by atoms with Gasteiger partial charge in [-0.05, 0) is 62.1 Å². The van der Waals surface area contributed by atoms with E-state index < -0.39 is 10.0 Å². The van der Waals surface area contributed by atoms with E-state index in [0.717, 1.165) is 42.7 Å². The molecule has 33 heavy (non-hydrogen) atoms. The Balaban J connectivity index is 1.18. The van der Waals surface area contributed by atoms with Gasteiger partial charge in [-0.1, -0.05) is 12.1 Å². The topological polar surface area (TPSA) is 102 Å². The Labute approximate surface area is 193 Å². The molecule has 2 aliphatic rings. The summed E-state index contributed by atoms with van der Waals surface area (Å²) in [5.41, 5.74) is 2.12. The van der Waals surface area contributed by atoms with Crippen molar-refractivity contribution in [2.45, 2.75) is 42.6 Å². The van der Waals surface area contributed by atoms with E-state index >= 15 is 0 Å². The highest BCUT2D eigenvalue weighted by molar-refractivity contribution is 7.89. The van der Waals surface area contributed by atoms with Gasteiger partial charge in [0, 0.05) is 37.7 Å². The van der Waals surface area contributed by atoms with Crippen LogP contribution >= 0.6 is 0 Å². The lowest BCUT2D eigenvalue weighted by Gasteiger charge is -2.30. The number of nitrogens with one attached hydrogen (secondary N) is 1. The lowest BCUT2D eigenvalue weighted by Crippen LogP contribution is -2.38. The molecule has 1 N–H and O–H groups in total. The average molecular weight is 470 g/mol. The lowest BCUT2D eigenvalue weighted by molar-refractivity contribution is 0.0706. The van der Waals surface area contributed by atoms with Crippen molar-refractivity contribution in [3.8, 4) is 0 Å². The molecule has 1 unspecified atom stereocenters. The molecule has 2 fully saturated rings. The summed E-state index contributed by atoms with van der Waals surface area (Å²) in [5, 5.41) is 0. The fourth-order valence-corrected chi connectivity index (χ4v) is 5.51. The van der Waals surface area contributed by atoms with Crippen LogP contribution in [0.3, 0.4) is 0 Å². The van der Waals surface area contributed by atoms with Crippen LogP contribution in [0.1, 0.15) is 47.8 Å². The summed E-state index contributed by atoms with van der Waals surface area (Å²) in [6.45, 7) is 2.14. The third-order valence-corrected chi connectivity index (χ3v) is 7.82. The van der Waals surface area contributed by atoms with Gasteiger partial charge in [-0.2, -0.15) is 0 Å². The third kappa shape index (κ3) is 4.80. The van der Waals surface area contributed by atoms with Gasteiger partial charge in [0.15, 0.2) is 11.5 Å². The summed E-state index contributed by atoms with van der Waals surface area (Å²) in [5.74, 6) is 0.819. The van der Waals surface area contributed by atoms with Crippen molar-refractivity contribution >= 4 is 27.0 Å². The summed E-state index contributed by atoms with van der Waals surface area (Å²) in [6.07, 6.45) is 3.29. The van der Waals surface area contributed by atoms with Crippen LogP contribution < -0.4 is 4.72 Å². The summed E-state index contributed by atoms with van der Waals surface area (Å²) in [7, 11) is -3.64. The first-order valence-corrected chi connectivity index (χ1v) is 12.8. The predicted molar refractivity (Wildman–Crippen MR) is 122 cm³/mol. The number of ether oxygens (including phenoxy) is 1. The molecule has 1 amide bonds. The van der Waals surface area contributed by atoms with Crippen LogP contribution in [0.2, 0.25) is 0 Å². The number of sulfonamides is 1. The normalized spacial score (nSPS) is 19.9. The molecule has 0 bridgehead atoms. The van der Waals surface area contributed by atoms with E-state index in [2.05, 4.69) is 9.71 Å². The summed E-state index contributed by atoms with van der Waals surface area (Å²) >= 11 is 0. The molecule has 8 nitrogen and oxygen atoms in total. The molecule has 2 saturated heterocycles. The molecule has 2 aromatic carbocycles. The van der Waals surface area contributed by atoms with Gasteiger partial charge in [-0.25, -0.2) is 18.1 Å². The molecule has 9 heteroatoms. The molecule has 1 atom stereocenters. The van der Waals surface area contributed by atoms with Gasteiger partial charge >= 0.3 is 0 Å². The Morgan fingerprint density at radius 3 is 2.52 bits per heavy atom. The van der Waals surface area contributed by atoms with E-state index in [0.29, 0.717) is 25.3 Å². The molecule has 2 aliphatic heterocycles. The Morgan fingerprint density at radius 1 is 1.06 bits per heavy atom. The number of piperidine rings is 1. The van der Waals surface area contributed by atoms with Crippen molar-refractivity contribution in [1.82, 2.24) is 14.6 Å². The van der Waals surface area contributed by atoms with Gasteiger partial charge in [-0.3, -0.25) is 4.79 Å². The number of amides is 1. The number of aromatic nitrogens is 1. The monoisotopic (exact) mass is 469 g/mol. The first-order chi connectivity index (χ1) is 16.0. The first-order valence-electron chi connectivity index (χ1n) is 11.4. The number of fused-ring (bicyclic) bond motifs is 1. The molecule has 1 aromatic heterocycles. The first kappa shape index (κ1) is 22.1. The minimum absolute atomic E-state index is 0.0710. The van der Waals surface area contributed by atoms with Gasteiger partial charge in [0.25, 0.3) is 5.91 Å². The van der Waals surface area contributed by atoms with Gasteiger partial charge in [0.2, 0.25) is 10.0 Å². The maximum Gasteiger partial charge on any atom is 0.253 e. The minimum Gasteiger partial charge on any atom is -0.440 e. The summed E-state index contributed by atoms with van der Waals surface area (Å²) in [4.78, 5) is 19.5. The van der Waals surface area contributed by atoms with Gasteiger partial charge < -0.3 is 14.1 Å². The Hall–Kier alpha value is -2.75. The maximum atomic E-state index is 12.9.